The smallest absolute Gasteiger partial charge is 0.336 e. The van der Waals surface area contributed by atoms with Crippen LogP contribution in [0, 0.1) is 0 Å². The van der Waals surface area contributed by atoms with Crippen LogP contribution in [-0.4, -0.2) is 112 Å². The first-order valence-electron chi connectivity index (χ1n) is 29.8. The van der Waals surface area contributed by atoms with E-state index in [0.29, 0.717) is 63.1 Å². The minimum atomic E-state index is -1.16. The largest absolute Gasteiger partial charge is 0.504 e. The van der Waals surface area contributed by atoms with Crippen LogP contribution >= 0.6 is 0 Å². The van der Waals surface area contributed by atoms with E-state index in [-0.39, 0.29) is 83.4 Å². The summed E-state index contributed by atoms with van der Waals surface area (Å²) in [5, 5.41) is 40.9. The van der Waals surface area contributed by atoms with Gasteiger partial charge < -0.3 is 53.6 Å². The topological polar surface area (TPSA) is 380 Å². The molecule has 0 aliphatic carbocycles. The molecule has 4 amide bonds. The van der Waals surface area contributed by atoms with Gasteiger partial charge in [0.15, 0.2) is 34.3 Å². The number of pyridine rings is 4. The summed E-state index contributed by atoms with van der Waals surface area (Å²) < 4.78 is 30.4. The molecule has 11 aromatic rings. The number of phenolic OH excluding ortho intramolecular Hbond substituents is 2. The molecule has 1 aliphatic rings. The summed E-state index contributed by atoms with van der Waals surface area (Å²) in [6.45, 7) is 4.53. The fourth-order valence-corrected chi connectivity index (χ4v) is 10.6. The van der Waals surface area contributed by atoms with Crippen molar-refractivity contribution in [2.75, 3.05) is 13.1 Å². The quantitative estimate of drug-likeness (QED) is 0.0337. The molecule has 4 atom stereocenters. The lowest BCUT2D eigenvalue weighted by Crippen LogP contribution is -2.32. The molecule has 29 heteroatoms. The molecule has 11 heterocycles. The minimum Gasteiger partial charge on any atom is -0.504 e. The lowest BCUT2D eigenvalue weighted by atomic mass is 10.1. The number of carbonyl (C=O) groups excluding carboxylic acids is 4. The summed E-state index contributed by atoms with van der Waals surface area (Å²) >= 11 is 0. The number of benzene rings is 1. The molecule has 10 aromatic heterocycles. The highest BCUT2D eigenvalue weighted by Crippen LogP contribution is 2.32. The molecule has 474 valence electrons. The van der Waals surface area contributed by atoms with Crippen LogP contribution in [0.15, 0.2) is 174 Å². The van der Waals surface area contributed by atoms with E-state index < -0.39 is 64.9 Å². The van der Waals surface area contributed by atoms with Crippen LogP contribution in [0.3, 0.4) is 0 Å². The number of nitrogens with zero attached hydrogens (tertiary/aromatic N) is 13. The molecular weight excluding hydrogens is 1200 g/mol. The average molecular weight is 1260 g/mol. The monoisotopic (exact) mass is 1260 g/mol. The predicted octanol–water partition coefficient (Wildman–Crippen LogP) is 6.80. The summed E-state index contributed by atoms with van der Waals surface area (Å²) in [6.07, 6.45) is 14.4. The molecule has 0 unspecified atom stereocenters. The first kappa shape index (κ1) is 61.6. The van der Waals surface area contributed by atoms with Gasteiger partial charge in [-0.15, -0.1) is 5.10 Å². The molecule has 0 saturated carbocycles. The van der Waals surface area contributed by atoms with Crippen molar-refractivity contribution in [1.82, 2.24) is 85.9 Å². The van der Waals surface area contributed by atoms with Crippen molar-refractivity contribution >= 4 is 34.6 Å². The third-order valence-electron chi connectivity index (χ3n) is 15.2. The summed E-state index contributed by atoms with van der Waals surface area (Å²) in [5.41, 5.74) is 2.69. The van der Waals surface area contributed by atoms with Gasteiger partial charge in [0.25, 0.3) is 23.6 Å². The molecule has 6 N–H and O–H groups in total. The molecule has 1 aliphatic heterocycles. The molecule has 12 rings (SSSR count). The van der Waals surface area contributed by atoms with Gasteiger partial charge in [-0.1, -0.05) is 29.5 Å². The number of phenols is 2. The Morgan fingerprint density at radius 2 is 0.925 bits per heavy atom. The van der Waals surface area contributed by atoms with Crippen LogP contribution in [-0.2, 0) is 39.1 Å². The van der Waals surface area contributed by atoms with Crippen molar-refractivity contribution in [3.05, 3.63) is 238 Å². The predicted molar refractivity (Wildman–Crippen MR) is 325 cm³/mol. The van der Waals surface area contributed by atoms with Gasteiger partial charge in [0.2, 0.25) is 23.6 Å². The van der Waals surface area contributed by atoms with E-state index in [0.717, 1.165) is 47.6 Å². The third-order valence-corrected chi connectivity index (χ3v) is 15.2. The second kappa shape index (κ2) is 28.5. The Bertz CT molecular complexity index is 4340. The second-order valence-electron chi connectivity index (χ2n) is 22.1. The number of hydrogen-bond donors (Lipinski definition) is 6. The fraction of sp³-hybridized carbons (Fsp3) is 0.266. The van der Waals surface area contributed by atoms with Crippen molar-refractivity contribution < 1.29 is 51.5 Å². The van der Waals surface area contributed by atoms with Crippen molar-refractivity contribution in [3.8, 4) is 11.5 Å². The molecule has 29 nitrogen and oxygen atoms in total. The molecule has 0 radical (unpaired) electrons. The zero-order valence-electron chi connectivity index (χ0n) is 49.9. The molecule has 0 saturated heterocycles. The summed E-state index contributed by atoms with van der Waals surface area (Å²) in [6, 6.07) is 22.5. The highest BCUT2D eigenvalue weighted by molar-refractivity contribution is 5.94. The fourth-order valence-electron chi connectivity index (χ4n) is 10.6. The van der Waals surface area contributed by atoms with Crippen molar-refractivity contribution in [1.29, 1.82) is 0 Å². The van der Waals surface area contributed by atoms with Crippen LogP contribution in [0.1, 0.15) is 156 Å². The molecule has 8 bridgehead atoms. The highest BCUT2D eigenvalue weighted by atomic mass is 16.4. The molecule has 0 fully saturated rings. The second-order valence-corrected chi connectivity index (χ2v) is 22.1. The Kier molecular flexibility index (Phi) is 18.9. The first-order chi connectivity index (χ1) is 45.3. The van der Waals surface area contributed by atoms with E-state index in [9.17, 15) is 34.2 Å². The molecular formula is C64H61N17O12. The van der Waals surface area contributed by atoms with Crippen molar-refractivity contribution in [2.24, 2.45) is 0 Å². The molecule has 0 spiro atoms. The summed E-state index contributed by atoms with van der Waals surface area (Å²) in [7, 11) is 0. The zero-order valence-corrected chi connectivity index (χ0v) is 49.9. The average Bonchev–Trinajstić information content (AvgIpc) is 1.57. The SMILES string of the molecule is C[C@@H]1NC(=O)c2coc(n2)[C@H](Cc2cn(Cc3cc(=O)oc4cc(O)c(O)cc34)nn2)NC(=O)c2coc(n2)[C@H](CCCN(Cc2ccccn2)Cc2ccccn2)NC(=O)c2coc(n2)[C@H](CCCN(Cc2ccccn2)Cc2ccccn2)NC(=O)c2coc1n2. The Morgan fingerprint density at radius 1 is 0.505 bits per heavy atom. The normalized spacial score (nSPS) is 16.4. The van der Waals surface area contributed by atoms with Gasteiger partial charge in [0.05, 0.1) is 35.0 Å². The lowest BCUT2D eigenvalue weighted by molar-refractivity contribution is 0.0914. The van der Waals surface area contributed by atoms with Crippen LogP contribution < -0.4 is 26.9 Å². The Hall–Kier alpha value is -11.6. The van der Waals surface area contributed by atoms with Gasteiger partial charge in [-0.25, -0.2) is 29.4 Å². The van der Waals surface area contributed by atoms with Crippen molar-refractivity contribution in [2.45, 2.75) is 95.9 Å². The zero-order chi connectivity index (χ0) is 64.2. The third kappa shape index (κ3) is 15.7. The number of hydrogen-bond acceptors (Lipinski definition) is 24. The number of aromatic hydroxyl groups is 2. The number of carbonyl (C=O) groups is 4. The summed E-state index contributed by atoms with van der Waals surface area (Å²) in [5.74, 6) is -3.92. The van der Waals surface area contributed by atoms with Gasteiger partial charge in [-0.2, -0.15) is 0 Å². The van der Waals surface area contributed by atoms with Crippen LogP contribution in [0.5, 0.6) is 11.5 Å². The maximum atomic E-state index is 14.6. The Labute approximate surface area is 528 Å². The molecule has 1 aromatic carbocycles. The van der Waals surface area contributed by atoms with Crippen molar-refractivity contribution in [3.63, 3.8) is 0 Å². The number of amides is 4. The number of fused-ring (bicyclic) bond motifs is 9. The number of nitrogens with one attached hydrogen (secondary N) is 4. The van der Waals surface area contributed by atoms with Gasteiger partial charge in [0.1, 0.15) is 54.8 Å². The Balaban J connectivity index is 0.842. The molecule has 93 heavy (non-hydrogen) atoms. The van der Waals surface area contributed by atoms with Gasteiger partial charge in [-0.05, 0) is 106 Å². The van der Waals surface area contributed by atoms with Gasteiger partial charge >= 0.3 is 5.63 Å². The van der Waals surface area contributed by atoms with E-state index in [1.165, 1.54) is 23.1 Å². The van der Waals surface area contributed by atoms with Gasteiger partial charge in [0, 0.05) is 81.1 Å². The summed E-state index contributed by atoms with van der Waals surface area (Å²) in [4.78, 5) is 111. The van der Waals surface area contributed by atoms with E-state index in [1.54, 1.807) is 37.9 Å². The van der Waals surface area contributed by atoms with E-state index in [1.807, 2.05) is 72.8 Å². The van der Waals surface area contributed by atoms with E-state index in [2.05, 4.69) is 81.3 Å². The first-order valence-corrected chi connectivity index (χ1v) is 29.8. The number of oxazole rings is 4. The van der Waals surface area contributed by atoms with Crippen LogP contribution in [0.4, 0.5) is 0 Å². The van der Waals surface area contributed by atoms with Crippen LogP contribution in [0.25, 0.3) is 11.0 Å². The Morgan fingerprint density at radius 3 is 1.39 bits per heavy atom. The standard InChI is InChI=1S/C64H61N17O12/c1-38-61-73-50(34-89-61)58(86)70-46(16-10-22-79(29-40-12-2-6-18-65-40)30-41-13-3-7-19-66-41)62-74-51(36-90-62)59(87)71-47(17-11-23-80(31-42-14-4-8-20-67-42)32-43-15-5-9-21-68-43)63-75-52(37-91-63)60(88)72-48(64-76-49(35-92-64)57(85)69-38)25-44-33-81(78-77-44)28-39-24-56(84)93-55-27-54(83)53(82)26-45(39)55/h2-9,12-15,18-21,24,26-27,33-38,46-48,82-83H,10-11,16-17,22-23,25,28-32H2,1H3,(H,69,85)(H,70,86)(H,71,87)(H,72,88)/t38-,46-,47-,48-/m0/s1. The van der Waals surface area contributed by atoms with Gasteiger partial charge in [-0.3, -0.25) is 48.9 Å². The number of rotatable bonds is 20. The lowest BCUT2D eigenvalue weighted by Gasteiger charge is -2.23. The minimum absolute atomic E-state index is 0.0192. The van der Waals surface area contributed by atoms with E-state index >= 15 is 0 Å². The van der Waals surface area contributed by atoms with Crippen LogP contribution in [0.2, 0.25) is 0 Å². The maximum absolute atomic E-state index is 14.6. The van der Waals surface area contributed by atoms with E-state index in [4.69, 9.17) is 22.1 Å². The highest BCUT2D eigenvalue weighted by Gasteiger charge is 2.31. The maximum Gasteiger partial charge on any atom is 0.336 e. The number of aromatic nitrogens is 11.